The first-order valence-corrected chi connectivity index (χ1v) is 25.2. The van der Waals surface area contributed by atoms with Crippen LogP contribution in [-0.2, 0) is 0 Å². The van der Waals surface area contributed by atoms with Gasteiger partial charge in [0.25, 0.3) is 0 Å². The van der Waals surface area contributed by atoms with Gasteiger partial charge in [-0.3, -0.25) is 4.57 Å². The van der Waals surface area contributed by atoms with Gasteiger partial charge in [0.1, 0.15) is 22.3 Å². The predicted octanol–water partition coefficient (Wildman–Crippen LogP) is 16.4. The van der Waals surface area contributed by atoms with Crippen molar-refractivity contribution in [3.63, 3.8) is 0 Å². The summed E-state index contributed by atoms with van der Waals surface area (Å²) in [5, 5.41) is 8.36. The van der Waals surface area contributed by atoms with Gasteiger partial charge in [0, 0.05) is 76.6 Å². The molecule has 16 rings (SSSR count). The highest BCUT2D eigenvalue weighted by molar-refractivity contribution is 6.19. The number of hydrogen-bond donors (Lipinski definition) is 0. The summed E-state index contributed by atoms with van der Waals surface area (Å²) in [6.07, 6.45) is 0. The topological polar surface area (TPSA) is 113 Å². The normalized spacial score (nSPS) is 11.9. The van der Waals surface area contributed by atoms with Crippen LogP contribution in [0.15, 0.2) is 239 Å². The fraction of sp³-hybridized carbons (Fsp3) is 0. The summed E-state index contributed by atoms with van der Waals surface area (Å²) in [5.41, 5.74) is 12.7. The van der Waals surface area contributed by atoms with E-state index in [4.69, 9.17) is 38.7 Å². The van der Waals surface area contributed by atoms with Gasteiger partial charge in [-0.2, -0.15) is 9.97 Å². The first-order valence-electron chi connectivity index (χ1n) is 25.2. The molecule has 0 bridgehead atoms. The van der Waals surface area contributed by atoms with Crippen LogP contribution < -0.4 is 0 Å². The van der Waals surface area contributed by atoms with Crippen molar-refractivity contribution in [3.05, 3.63) is 231 Å². The van der Waals surface area contributed by atoms with Crippen LogP contribution in [0, 0.1) is 0 Å². The average Bonchev–Trinajstić information content (AvgIpc) is 4.30. The molecule has 76 heavy (non-hydrogen) atoms. The molecule has 0 saturated carbocycles. The number of fused-ring (bicyclic) bond motifs is 12. The Morgan fingerprint density at radius 3 is 1.17 bits per heavy atom. The fourth-order valence-electron chi connectivity index (χ4n) is 11.1. The molecule has 16 aromatic rings. The zero-order valence-corrected chi connectivity index (χ0v) is 40.3. The van der Waals surface area contributed by atoms with E-state index in [9.17, 15) is 0 Å². The van der Waals surface area contributed by atoms with Gasteiger partial charge >= 0.3 is 0 Å². The lowest BCUT2D eigenvalue weighted by Gasteiger charge is -2.12. The molecule has 6 aromatic heterocycles. The van der Waals surface area contributed by atoms with Gasteiger partial charge in [0.15, 0.2) is 29.1 Å². The van der Waals surface area contributed by atoms with Gasteiger partial charge in [-0.25, -0.2) is 19.9 Å². The molecule has 6 heterocycles. The largest absolute Gasteiger partial charge is 0.456 e. The molecule has 0 spiro atoms. The maximum Gasteiger partial charge on any atom is 0.238 e. The van der Waals surface area contributed by atoms with Crippen LogP contribution in [0.1, 0.15) is 0 Å². The summed E-state index contributed by atoms with van der Waals surface area (Å²) in [6.45, 7) is 0. The molecule has 0 N–H and O–H groups in total. The highest BCUT2D eigenvalue weighted by Gasteiger charge is 2.23. The molecule has 0 aliphatic carbocycles. The van der Waals surface area contributed by atoms with Crippen LogP contribution in [0.2, 0.25) is 0 Å². The standard InChI is InChI=1S/C66H38N8O2/c1-3-16-39(17-4-1)61-67-62(40-18-5-2-6-19-40)69-63(68-61)41-20-15-21-44(34-41)73-53-26-11-7-22-45(53)49-38-56-50(37-55(49)73)46-23-8-12-27-54(46)74(56)66-71-64(42-30-32-59-51(35-42)47-24-9-13-28-57(47)75-59)70-65(72-66)43-31-33-60-52(36-43)48-25-10-14-29-58(48)76-60/h1-38H. The summed E-state index contributed by atoms with van der Waals surface area (Å²) in [5.74, 6) is 3.40. The third kappa shape index (κ3) is 6.60. The van der Waals surface area contributed by atoms with E-state index in [1.165, 1.54) is 0 Å². The molecule has 0 aliphatic heterocycles. The Hall–Kier alpha value is -10.6. The van der Waals surface area contributed by atoms with Gasteiger partial charge in [0.05, 0.1) is 22.1 Å². The van der Waals surface area contributed by atoms with Crippen molar-refractivity contribution in [1.29, 1.82) is 0 Å². The molecule has 10 nitrogen and oxygen atoms in total. The molecule has 10 aromatic carbocycles. The highest BCUT2D eigenvalue weighted by Crippen LogP contribution is 2.41. The summed E-state index contributed by atoms with van der Waals surface area (Å²) in [7, 11) is 0. The van der Waals surface area contributed by atoms with Crippen LogP contribution in [0.25, 0.3) is 156 Å². The van der Waals surface area contributed by atoms with E-state index in [1.807, 2.05) is 121 Å². The Kier molecular flexibility index (Phi) is 9.10. The van der Waals surface area contributed by atoms with Crippen molar-refractivity contribution < 1.29 is 8.83 Å². The Morgan fingerprint density at radius 2 is 0.632 bits per heavy atom. The first kappa shape index (κ1) is 42.0. The van der Waals surface area contributed by atoms with Gasteiger partial charge in [-0.15, -0.1) is 0 Å². The quantitative estimate of drug-likeness (QED) is 0.155. The van der Waals surface area contributed by atoms with Crippen molar-refractivity contribution in [3.8, 4) is 68.6 Å². The number of benzene rings is 10. The SMILES string of the molecule is c1ccc(-c2nc(-c3ccccc3)nc(-c3cccc(-n4c5ccccc5c5cc6c(cc54)c4ccccc4n6-c4nc(-c5ccc6oc7ccccc7c6c5)nc(-c5ccc6oc7ccccc7c6c5)n4)c3)n2)cc1. The first-order chi connectivity index (χ1) is 37.6. The minimum absolute atomic E-state index is 0.499. The molecule has 0 unspecified atom stereocenters. The van der Waals surface area contributed by atoms with Gasteiger partial charge in [0.2, 0.25) is 5.95 Å². The Bertz CT molecular complexity index is 4830. The van der Waals surface area contributed by atoms with Crippen LogP contribution in [-0.4, -0.2) is 39.0 Å². The molecule has 0 fully saturated rings. The molecule has 0 amide bonds. The maximum absolute atomic E-state index is 6.27. The van der Waals surface area contributed by atoms with Crippen LogP contribution in [0.5, 0.6) is 0 Å². The second-order valence-electron chi connectivity index (χ2n) is 19.1. The van der Waals surface area contributed by atoms with Crippen LogP contribution in [0.4, 0.5) is 0 Å². The second kappa shape index (κ2) is 16.5. The summed E-state index contributed by atoms with van der Waals surface area (Å²) < 4.78 is 17.1. The zero-order chi connectivity index (χ0) is 49.8. The molecule has 0 radical (unpaired) electrons. The van der Waals surface area contributed by atoms with Crippen molar-refractivity contribution in [2.24, 2.45) is 0 Å². The third-order valence-corrected chi connectivity index (χ3v) is 14.6. The zero-order valence-electron chi connectivity index (χ0n) is 40.3. The van der Waals surface area contributed by atoms with Crippen LogP contribution >= 0.6 is 0 Å². The molecular weight excluding hydrogens is 937 g/mol. The fourth-order valence-corrected chi connectivity index (χ4v) is 11.1. The summed E-state index contributed by atoms with van der Waals surface area (Å²) in [4.78, 5) is 31.2. The van der Waals surface area contributed by atoms with E-state index in [0.717, 1.165) is 121 Å². The Labute approximate surface area is 432 Å². The smallest absolute Gasteiger partial charge is 0.238 e. The minimum Gasteiger partial charge on any atom is -0.456 e. The Morgan fingerprint density at radius 1 is 0.237 bits per heavy atom. The van der Waals surface area contributed by atoms with Gasteiger partial charge in [-0.05, 0) is 84.9 Å². The van der Waals surface area contributed by atoms with Crippen LogP contribution in [0.3, 0.4) is 0 Å². The molecule has 0 atom stereocenters. The van der Waals surface area contributed by atoms with Crippen molar-refractivity contribution >= 4 is 87.5 Å². The van der Waals surface area contributed by atoms with E-state index >= 15 is 0 Å². The maximum atomic E-state index is 6.27. The average molecular weight is 975 g/mol. The highest BCUT2D eigenvalue weighted by atomic mass is 16.3. The number of furan rings is 2. The summed E-state index contributed by atoms with van der Waals surface area (Å²) in [6, 6.07) is 78.9. The molecular formula is C66H38N8O2. The van der Waals surface area contributed by atoms with Gasteiger partial charge < -0.3 is 13.4 Å². The lowest BCUT2D eigenvalue weighted by molar-refractivity contribution is 0.668. The van der Waals surface area contributed by atoms with E-state index in [1.54, 1.807) is 0 Å². The van der Waals surface area contributed by atoms with E-state index in [0.29, 0.717) is 35.1 Å². The van der Waals surface area contributed by atoms with Crippen molar-refractivity contribution in [2.75, 3.05) is 0 Å². The predicted molar refractivity (Wildman–Crippen MR) is 304 cm³/mol. The number of rotatable bonds is 7. The molecule has 10 heteroatoms. The summed E-state index contributed by atoms with van der Waals surface area (Å²) >= 11 is 0. The van der Waals surface area contributed by atoms with Gasteiger partial charge in [-0.1, -0.05) is 146 Å². The van der Waals surface area contributed by atoms with E-state index in [-0.39, 0.29) is 0 Å². The third-order valence-electron chi connectivity index (χ3n) is 14.6. The minimum atomic E-state index is 0.499. The number of nitrogens with zero attached hydrogens (tertiary/aromatic N) is 8. The molecule has 0 saturated heterocycles. The number of hydrogen-bond acceptors (Lipinski definition) is 8. The second-order valence-corrected chi connectivity index (χ2v) is 19.1. The van der Waals surface area contributed by atoms with Crippen molar-refractivity contribution in [1.82, 2.24) is 39.0 Å². The van der Waals surface area contributed by atoms with E-state index in [2.05, 4.69) is 118 Å². The number of para-hydroxylation sites is 4. The molecule has 354 valence electrons. The van der Waals surface area contributed by atoms with Crippen molar-refractivity contribution in [2.45, 2.75) is 0 Å². The number of aromatic nitrogens is 8. The van der Waals surface area contributed by atoms with E-state index < -0.39 is 0 Å². The lowest BCUT2D eigenvalue weighted by atomic mass is 10.1. The Balaban J connectivity index is 0.910. The lowest BCUT2D eigenvalue weighted by Crippen LogP contribution is -2.06. The monoisotopic (exact) mass is 974 g/mol. The molecule has 0 aliphatic rings.